The maximum atomic E-state index is 13.0. The van der Waals surface area contributed by atoms with E-state index in [-0.39, 0.29) is 17.3 Å². The third kappa shape index (κ3) is 3.23. The minimum atomic E-state index is -0.313. The molecule has 1 N–H and O–H groups in total. The normalized spacial score (nSPS) is 13.2. The highest BCUT2D eigenvalue weighted by atomic mass is 19.1. The molecule has 0 amide bonds. The van der Waals surface area contributed by atoms with Crippen molar-refractivity contribution >= 4 is 0 Å². The first-order valence-electron chi connectivity index (χ1n) is 6.81. The zero-order valence-corrected chi connectivity index (χ0v) is 12.4. The van der Waals surface area contributed by atoms with E-state index in [4.69, 9.17) is 0 Å². The molecule has 0 aliphatic heterocycles. The smallest absolute Gasteiger partial charge is 0.141 e. The van der Waals surface area contributed by atoms with Crippen LogP contribution in [0.2, 0.25) is 0 Å². The summed E-state index contributed by atoms with van der Waals surface area (Å²) in [5, 5.41) is 3.23. The Hall–Kier alpha value is -1.74. The average molecular weight is 272 g/mol. The monoisotopic (exact) mass is 272 g/mol. The van der Waals surface area contributed by atoms with Gasteiger partial charge in [0.2, 0.25) is 0 Å². The van der Waals surface area contributed by atoms with Crippen LogP contribution in [0.5, 0.6) is 0 Å². The first-order valence-corrected chi connectivity index (χ1v) is 6.81. The Kier molecular flexibility index (Phi) is 4.19. The molecule has 2 nitrogen and oxygen atoms in total. The molecule has 1 unspecified atom stereocenters. The van der Waals surface area contributed by atoms with E-state index >= 15 is 0 Å². The van der Waals surface area contributed by atoms with Gasteiger partial charge in [-0.25, -0.2) is 4.39 Å². The molecule has 2 rings (SSSR count). The zero-order valence-electron chi connectivity index (χ0n) is 12.4. The van der Waals surface area contributed by atoms with Gasteiger partial charge < -0.3 is 5.32 Å². The molecule has 1 heterocycles. The van der Waals surface area contributed by atoms with Gasteiger partial charge >= 0.3 is 0 Å². The molecular weight excluding hydrogens is 251 g/mol. The minimum Gasteiger partial charge on any atom is -0.308 e. The maximum absolute atomic E-state index is 13.0. The standard InChI is InChI=1S/C17H21FN2/c1-17(2,3)13-7-5-12(6-8-13)16(19-4)15-10-9-14(18)11-20-15/h5-11,16,19H,1-4H3. The van der Waals surface area contributed by atoms with Gasteiger partial charge in [0.25, 0.3) is 0 Å². The number of rotatable bonds is 3. The van der Waals surface area contributed by atoms with Gasteiger partial charge in [-0.2, -0.15) is 0 Å². The van der Waals surface area contributed by atoms with Crippen molar-refractivity contribution < 1.29 is 4.39 Å². The van der Waals surface area contributed by atoms with Gasteiger partial charge in [0.1, 0.15) is 5.82 Å². The van der Waals surface area contributed by atoms with E-state index in [1.165, 1.54) is 17.8 Å². The number of hydrogen-bond donors (Lipinski definition) is 1. The lowest BCUT2D eigenvalue weighted by atomic mass is 9.86. The van der Waals surface area contributed by atoms with Crippen molar-refractivity contribution in [3.8, 4) is 0 Å². The molecule has 0 saturated heterocycles. The van der Waals surface area contributed by atoms with Gasteiger partial charge in [-0.15, -0.1) is 0 Å². The summed E-state index contributed by atoms with van der Waals surface area (Å²) in [5.74, 6) is -0.313. The van der Waals surface area contributed by atoms with E-state index in [1.54, 1.807) is 6.07 Å². The Labute approximate surface area is 120 Å². The first kappa shape index (κ1) is 14.7. The van der Waals surface area contributed by atoms with Crippen molar-refractivity contribution in [1.82, 2.24) is 10.3 Å². The fourth-order valence-electron chi connectivity index (χ4n) is 2.22. The summed E-state index contributed by atoms with van der Waals surface area (Å²) in [4.78, 5) is 4.16. The second kappa shape index (κ2) is 5.71. The Morgan fingerprint density at radius 3 is 2.15 bits per heavy atom. The van der Waals surface area contributed by atoms with Gasteiger partial charge in [-0.3, -0.25) is 4.98 Å². The van der Waals surface area contributed by atoms with Crippen molar-refractivity contribution in [2.75, 3.05) is 7.05 Å². The molecule has 20 heavy (non-hydrogen) atoms. The molecule has 0 bridgehead atoms. The highest BCUT2D eigenvalue weighted by molar-refractivity contribution is 5.33. The van der Waals surface area contributed by atoms with Crippen LogP contribution in [0.3, 0.4) is 0 Å². The van der Waals surface area contributed by atoms with Crippen molar-refractivity contribution in [3.05, 3.63) is 65.2 Å². The van der Waals surface area contributed by atoms with E-state index in [9.17, 15) is 4.39 Å². The summed E-state index contributed by atoms with van der Waals surface area (Å²) < 4.78 is 13.0. The summed E-state index contributed by atoms with van der Waals surface area (Å²) in [6, 6.07) is 11.6. The van der Waals surface area contributed by atoms with Crippen molar-refractivity contribution in [3.63, 3.8) is 0 Å². The first-order chi connectivity index (χ1) is 9.41. The van der Waals surface area contributed by atoms with Crippen LogP contribution >= 0.6 is 0 Å². The quantitative estimate of drug-likeness (QED) is 0.918. The summed E-state index contributed by atoms with van der Waals surface area (Å²) >= 11 is 0. The van der Waals surface area contributed by atoms with Crippen LogP contribution in [0.1, 0.15) is 43.6 Å². The predicted octanol–water partition coefficient (Wildman–Crippen LogP) is 3.83. The predicted molar refractivity (Wildman–Crippen MR) is 80.2 cm³/mol. The van der Waals surface area contributed by atoms with E-state index in [0.717, 1.165) is 11.3 Å². The molecule has 3 heteroatoms. The minimum absolute atomic E-state index is 0.0235. The summed E-state index contributed by atoms with van der Waals surface area (Å²) in [6.45, 7) is 6.58. The SMILES string of the molecule is CNC(c1ccc(C(C)(C)C)cc1)c1ccc(F)cn1. The van der Waals surface area contributed by atoms with Crippen LogP contribution in [0, 0.1) is 5.82 Å². The zero-order chi connectivity index (χ0) is 14.8. The topological polar surface area (TPSA) is 24.9 Å². The fourth-order valence-corrected chi connectivity index (χ4v) is 2.22. The largest absolute Gasteiger partial charge is 0.308 e. The van der Waals surface area contributed by atoms with E-state index in [1.807, 2.05) is 7.05 Å². The lowest BCUT2D eigenvalue weighted by Crippen LogP contribution is -2.19. The van der Waals surface area contributed by atoms with Crippen LogP contribution in [-0.2, 0) is 5.41 Å². The number of aromatic nitrogens is 1. The molecule has 0 aliphatic rings. The van der Waals surface area contributed by atoms with Gasteiger partial charge in [0.05, 0.1) is 17.9 Å². The average Bonchev–Trinajstić information content (AvgIpc) is 2.41. The Bertz CT molecular complexity index is 553. The third-order valence-corrected chi connectivity index (χ3v) is 3.44. The van der Waals surface area contributed by atoms with Crippen LogP contribution in [0.15, 0.2) is 42.6 Å². The second-order valence-corrected chi connectivity index (χ2v) is 5.99. The van der Waals surface area contributed by atoms with E-state index in [0.29, 0.717) is 0 Å². The lowest BCUT2D eigenvalue weighted by molar-refractivity contribution is 0.588. The van der Waals surface area contributed by atoms with Gasteiger partial charge in [0, 0.05) is 0 Å². The molecular formula is C17H21FN2. The Morgan fingerprint density at radius 1 is 1.05 bits per heavy atom. The molecule has 0 radical (unpaired) electrons. The highest BCUT2D eigenvalue weighted by Gasteiger charge is 2.16. The van der Waals surface area contributed by atoms with E-state index in [2.05, 4.69) is 55.3 Å². The van der Waals surface area contributed by atoms with Gasteiger partial charge in [-0.05, 0) is 35.7 Å². The fraction of sp³-hybridized carbons (Fsp3) is 0.353. The van der Waals surface area contributed by atoms with Crippen molar-refractivity contribution in [2.45, 2.75) is 32.2 Å². The molecule has 106 valence electrons. The number of nitrogens with one attached hydrogen (secondary N) is 1. The molecule has 2 aromatic rings. The third-order valence-electron chi connectivity index (χ3n) is 3.44. The van der Waals surface area contributed by atoms with Gasteiger partial charge in [-0.1, -0.05) is 45.0 Å². The van der Waals surface area contributed by atoms with Crippen molar-refractivity contribution in [2.24, 2.45) is 0 Å². The molecule has 0 saturated carbocycles. The summed E-state index contributed by atoms with van der Waals surface area (Å²) in [6.07, 6.45) is 1.25. The van der Waals surface area contributed by atoms with Gasteiger partial charge in [0.15, 0.2) is 0 Å². The van der Waals surface area contributed by atoms with Crippen LogP contribution in [-0.4, -0.2) is 12.0 Å². The van der Waals surface area contributed by atoms with Crippen LogP contribution in [0.4, 0.5) is 4.39 Å². The molecule has 1 atom stereocenters. The molecule has 1 aromatic heterocycles. The summed E-state index contributed by atoms with van der Waals surface area (Å²) in [7, 11) is 1.88. The molecule has 1 aromatic carbocycles. The molecule has 0 fully saturated rings. The molecule has 0 spiro atoms. The summed E-state index contributed by atoms with van der Waals surface area (Å²) in [5.41, 5.74) is 3.38. The molecule has 0 aliphatic carbocycles. The maximum Gasteiger partial charge on any atom is 0.141 e. The number of benzene rings is 1. The highest BCUT2D eigenvalue weighted by Crippen LogP contribution is 2.25. The number of halogens is 1. The Morgan fingerprint density at radius 2 is 1.70 bits per heavy atom. The lowest BCUT2D eigenvalue weighted by Gasteiger charge is -2.21. The number of pyridine rings is 1. The number of hydrogen-bond acceptors (Lipinski definition) is 2. The number of nitrogens with zero attached hydrogens (tertiary/aromatic N) is 1. The second-order valence-electron chi connectivity index (χ2n) is 5.99. The van der Waals surface area contributed by atoms with Crippen LogP contribution < -0.4 is 5.32 Å². The van der Waals surface area contributed by atoms with Crippen LogP contribution in [0.25, 0.3) is 0 Å². The Balaban J connectivity index is 2.30. The van der Waals surface area contributed by atoms with E-state index < -0.39 is 0 Å². The van der Waals surface area contributed by atoms with Crippen molar-refractivity contribution in [1.29, 1.82) is 0 Å².